The number of nitrogens with one attached hydrogen (secondary N) is 1. The van der Waals surface area contributed by atoms with E-state index in [1.54, 1.807) is 20.0 Å². The third-order valence-corrected chi connectivity index (χ3v) is 2.19. The van der Waals surface area contributed by atoms with Gasteiger partial charge in [-0.25, -0.2) is 9.18 Å². The van der Waals surface area contributed by atoms with Gasteiger partial charge in [-0.05, 0) is 25.1 Å². The van der Waals surface area contributed by atoms with Gasteiger partial charge in [0.15, 0.2) is 0 Å². The Bertz CT molecular complexity index is 442. The summed E-state index contributed by atoms with van der Waals surface area (Å²) in [5, 5.41) is 11.2. The van der Waals surface area contributed by atoms with Crippen molar-refractivity contribution in [2.45, 2.75) is 6.92 Å². The van der Waals surface area contributed by atoms with Crippen molar-refractivity contribution in [2.24, 2.45) is 5.92 Å². The lowest BCUT2D eigenvalue weighted by molar-refractivity contribution is 0.219. The van der Waals surface area contributed by atoms with Crippen molar-refractivity contribution >= 4 is 11.7 Å². The highest BCUT2D eigenvalue weighted by molar-refractivity contribution is 5.89. The minimum Gasteiger partial charge on any atom is -0.326 e. The van der Waals surface area contributed by atoms with Crippen LogP contribution in [0.15, 0.2) is 24.3 Å². The molecule has 0 saturated carbocycles. The lowest BCUT2D eigenvalue weighted by Gasteiger charge is -2.18. The Morgan fingerprint density at radius 2 is 2.35 bits per heavy atom. The summed E-state index contributed by atoms with van der Waals surface area (Å²) in [6.07, 6.45) is 0. The summed E-state index contributed by atoms with van der Waals surface area (Å²) in [6, 6.07) is 7.33. The summed E-state index contributed by atoms with van der Waals surface area (Å²) < 4.78 is 12.9. The molecule has 90 valence electrons. The monoisotopic (exact) mass is 235 g/mol. The number of rotatable bonds is 3. The third-order valence-electron chi connectivity index (χ3n) is 2.19. The van der Waals surface area contributed by atoms with Gasteiger partial charge in [-0.3, -0.25) is 0 Å². The first-order chi connectivity index (χ1) is 8.02. The van der Waals surface area contributed by atoms with Gasteiger partial charge in [0.25, 0.3) is 0 Å². The Balaban J connectivity index is 2.58. The zero-order valence-corrected chi connectivity index (χ0v) is 9.77. The lowest BCUT2D eigenvalue weighted by Crippen LogP contribution is -2.34. The quantitative estimate of drug-likeness (QED) is 0.874. The van der Waals surface area contributed by atoms with Crippen LogP contribution in [0.4, 0.5) is 14.9 Å². The summed E-state index contributed by atoms with van der Waals surface area (Å²) in [5.41, 5.74) is 0.395. The molecule has 1 aromatic rings. The molecule has 2 amide bonds. The Morgan fingerprint density at radius 3 is 2.94 bits per heavy atom. The van der Waals surface area contributed by atoms with Gasteiger partial charge in [-0.1, -0.05) is 6.07 Å². The number of nitrogens with zero attached hydrogens (tertiary/aromatic N) is 2. The summed E-state index contributed by atoms with van der Waals surface area (Å²) in [7, 11) is 1.59. The van der Waals surface area contributed by atoms with Gasteiger partial charge in [-0.15, -0.1) is 0 Å². The van der Waals surface area contributed by atoms with Crippen LogP contribution >= 0.6 is 0 Å². The molecule has 0 heterocycles. The SMILES string of the molecule is CC(C#N)CN(C)C(=O)Nc1cccc(F)c1. The summed E-state index contributed by atoms with van der Waals surface area (Å²) in [5.74, 6) is -0.644. The number of carbonyl (C=O) groups excluding carboxylic acids is 1. The average molecular weight is 235 g/mol. The number of carbonyl (C=O) groups is 1. The van der Waals surface area contributed by atoms with Gasteiger partial charge in [0.05, 0.1) is 12.0 Å². The molecule has 0 bridgehead atoms. The van der Waals surface area contributed by atoms with Crippen molar-refractivity contribution in [1.29, 1.82) is 5.26 Å². The number of urea groups is 1. The second-order valence-corrected chi connectivity index (χ2v) is 3.85. The highest BCUT2D eigenvalue weighted by atomic mass is 19.1. The molecule has 17 heavy (non-hydrogen) atoms. The molecule has 0 aliphatic rings. The fraction of sp³-hybridized carbons (Fsp3) is 0.333. The van der Waals surface area contributed by atoms with Crippen molar-refractivity contribution < 1.29 is 9.18 Å². The van der Waals surface area contributed by atoms with Gasteiger partial charge >= 0.3 is 6.03 Å². The van der Waals surface area contributed by atoms with E-state index in [4.69, 9.17) is 5.26 Å². The average Bonchev–Trinajstić information content (AvgIpc) is 2.28. The van der Waals surface area contributed by atoms with Gasteiger partial charge in [0.1, 0.15) is 5.82 Å². The van der Waals surface area contributed by atoms with Gasteiger partial charge < -0.3 is 10.2 Å². The second-order valence-electron chi connectivity index (χ2n) is 3.85. The molecule has 1 unspecified atom stereocenters. The van der Waals surface area contributed by atoms with E-state index in [1.165, 1.54) is 23.1 Å². The molecule has 4 nitrogen and oxygen atoms in total. The molecule has 1 aromatic carbocycles. The Hall–Kier alpha value is -2.09. The fourth-order valence-corrected chi connectivity index (χ4v) is 1.32. The summed E-state index contributed by atoms with van der Waals surface area (Å²) in [6.45, 7) is 2.06. The van der Waals surface area contributed by atoms with E-state index in [-0.39, 0.29) is 11.9 Å². The number of hydrogen-bond donors (Lipinski definition) is 1. The molecule has 0 saturated heterocycles. The molecule has 0 aromatic heterocycles. The normalized spacial score (nSPS) is 11.4. The first kappa shape index (κ1) is 13.0. The number of benzene rings is 1. The van der Waals surface area contributed by atoms with E-state index < -0.39 is 5.82 Å². The maximum absolute atomic E-state index is 12.9. The summed E-state index contributed by atoms with van der Waals surface area (Å²) in [4.78, 5) is 13.0. The molecule has 1 N–H and O–H groups in total. The predicted octanol–water partition coefficient (Wildman–Crippen LogP) is 2.45. The van der Waals surface area contributed by atoms with Gasteiger partial charge in [0.2, 0.25) is 0 Å². The van der Waals surface area contributed by atoms with Crippen LogP contribution in [-0.2, 0) is 0 Å². The van der Waals surface area contributed by atoms with E-state index >= 15 is 0 Å². The van der Waals surface area contributed by atoms with E-state index in [1.807, 2.05) is 6.07 Å². The molecule has 0 aliphatic heterocycles. The highest BCUT2D eigenvalue weighted by Crippen LogP contribution is 2.10. The zero-order chi connectivity index (χ0) is 12.8. The zero-order valence-electron chi connectivity index (χ0n) is 9.77. The molecule has 0 radical (unpaired) electrons. The first-order valence-electron chi connectivity index (χ1n) is 5.20. The Morgan fingerprint density at radius 1 is 1.65 bits per heavy atom. The summed E-state index contributed by atoms with van der Waals surface area (Å²) >= 11 is 0. The molecule has 1 atom stereocenters. The van der Waals surface area contributed by atoms with E-state index in [0.717, 1.165) is 0 Å². The smallest absolute Gasteiger partial charge is 0.321 e. The second kappa shape index (κ2) is 5.85. The van der Waals surface area contributed by atoms with Crippen molar-refractivity contribution in [3.8, 4) is 6.07 Å². The van der Waals surface area contributed by atoms with Crippen LogP contribution in [-0.4, -0.2) is 24.5 Å². The van der Waals surface area contributed by atoms with Crippen LogP contribution in [0, 0.1) is 23.1 Å². The first-order valence-corrected chi connectivity index (χ1v) is 5.20. The molecule has 1 rings (SSSR count). The topological polar surface area (TPSA) is 56.1 Å². The number of nitriles is 1. The predicted molar refractivity (Wildman–Crippen MR) is 62.8 cm³/mol. The van der Waals surface area contributed by atoms with Crippen LogP contribution in [0.25, 0.3) is 0 Å². The lowest BCUT2D eigenvalue weighted by atomic mass is 10.2. The number of amides is 2. The highest BCUT2D eigenvalue weighted by Gasteiger charge is 2.12. The molecule has 0 spiro atoms. The van der Waals surface area contributed by atoms with E-state index in [2.05, 4.69) is 5.32 Å². The molecule has 0 fully saturated rings. The molecule has 0 aliphatic carbocycles. The standard InChI is InChI=1S/C12H14FN3O/c1-9(7-14)8-16(2)12(17)15-11-5-3-4-10(13)6-11/h3-6,9H,8H2,1-2H3,(H,15,17). The number of anilines is 1. The Kier molecular flexibility index (Phi) is 4.46. The molecular formula is C12H14FN3O. The van der Waals surface area contributed by atoms with E-state index in [0.29, 0.717) is 12.2 Å². The van der Waals surface area contributed by atoms with Gasteiger partial charge in [0, 0.05) is 19.3 Å². The Labute approximate surface area is 99.7 Å². The van der Waals surface area contributed by atoms with Crippen molar-refractivity contribution in [3.63, 3.8) is 0 Å². The van der Waals surface area contributed by atoms with Gasteiger partial charge in [-0.2, -0.15) is 5.26 Å². The minimum atomic E-state index is -0.407. The fourth-order valence-electron chi connectivity index (χ4n) is 1.32. The van der Waals surface area contributed by atoms with Crippen LogP contribution in [0.5, 0.6) is 0 Å². The maximum atomic E-state index is 12.9. The maximum Gasteiger partial charge on any atom is 0.321 e. The largest absolute Gasteiger partial charge is 0.326 e. The van der Waals surface area contributed by atoms with E-state index in [9.17, 15) is 9.18 Å². The minimum absolute atomic E-state index is 0.238. The van der Waals surface area contributed by atoms with Crippen molar-refractivity contribution in [2.75, 3.05) is 18.9 Å². The van der Waals surface area contributed by atoms with Crippen molar-refractivity contribution in [1.82, 2.24) is 4.90 Å². The number of halogens is 1. The van der Waals surface area contributed by atoms with Crippen LogP contribution in [0.1, 0.15) is 6.92 Å². The van der Waals surface area contributed by atoms with Crippen LogP contribution in [0.3, 0.4) is 0 Å². The van der Waals surface area contributed by atoms with Crippen molar-refractivity contribution in [3.05, 3.63) is 30.1 Å². The van der Waals surface area contributed by atoms with Crippen LogP contribution in [0.2, 0.25) is 0 Å². The third kappa shape index (κ3) is 4.11. The molecular weight excluding hydrogens is 221 g/mol. The molecule has 5 heteroatoms. The van der Waals surface area contributed by atoms with Crippen LogP contribution < -0.4 is 5.32 Å². The number of hydrogen-bond acceptors (Lipinski definition) is 2.